The Balaban J connectivity index is 2.19. The maximum absolute atomic E-state index is 11.5. The zero-order chi connectivity index (χ0) is 12.7. The average Bonchev–Trinajstić information content (AvgIpc) is 3.12. The van der Waals surface area contributed by atoms with Crippen molar-refractivity contribution in [3.8, 4) is 0 Å². The van der Waals surface area contributed by atoms with Crippen molar-refractivity contribution in [3.63, 3.8) is 0 Å². The van der Waals surface area contributed by atoms with Crippen LogP contribution in [0.5, 0.6) is 0 Å². The molecule has 0 saturated heterocycles. The third-order valence-electron chi connectivity index (χ3n) is 2.75. The minimum atomic E-state index is -0.246. The lowest BCUT2D eigenvalue weighted by Gasteiger charge is -2.18. The highest BCUT2D eigenvalue weighted by Crippen LogP contribution is 2.35. The van der Waals surface area contributed by atoms with Gasteiger partial charge in [0.15, 0.2) is 0 Å². The van der Waals surface area contributed by atoms with Crippen molar-refractivity contribution in [1.82, 2.24) is 4.90 Å². The lowest BCUT2D eigenvalue weighted by molar-refractivity contribution is -0.139. The second kappa shape index (κ2) is 7.07. The predicted octanol–water partition coefficient (Wildman–Crippen LogP) is 2.17. The van der Waals surface area contributed by atoms with Crippen molar-refractivity contribution in [2.45, 2.75) is 12.8 Å². The zero-order valence-corrected chi connectivity index (χ0v) is 10.4. The molecule has 0 amide bonds. The summed E-state index contributed by atoms with van der Waals surface area (Å²) in [5.74, 6) is 0.129. The molecule has 0 bridgehead atoms. The van der Waals surface area contributed by atoms with Crippen molar-refractivity contribution in [2.24, 2.45) is 5.92 Å². The SMILES string of the molecule is C=CCN(CC=C)CCOC(=O)C(=C)C1CC1. The van der Waals surface area contributed by atoms with Gasteiger partial charge in [0, 0.05) is 25.2 Å². The molecule has 1 fully saturated rings. The molecular weight excluding hydrogens is 214 g/mol. The van der Waals surface area contributed by atoms with E-state index in [1.165, 1.54) is 0 Å². The topological polar surface area (TPSA) is 29.5 Å². The monoisotopic (exact) mass is 235 g/mol. The van der Waals surface area contributed by atoms with Crippen LogP contribution >= 0.6 is 0 Å². The van der Waals surface area contributed by atoms with Gasteiger partial charge >= 0.3 is 5.97 Å². The van der Waals surface area contributed by atoms with Crippen LogP contribution in [-0.2, 0) is 9.53 Å². The van der Waals surface area contributed by atoms with Crippen LogP contribution in [-0.4, -0.2) is 37.1 Å². The first-order valence-corrected chi connectivity index (χ1v) is 5.99. The van der Waals surface area contributed by atoms with Crippen LogP contribution in [0.3, 0.4) is 0 Å². The summed E-state index contributed by atoms with van der Waals surface area (Å²) in [6, 6.07) is 0. The highest BCUT2D eigenvalue weighted by molar-refractivity contribution is 5.88. The number of hydrogen-bond donors (Lipinski definition) is 0. The van der Waals surface area contributed by atoms with E-state index in [1.807, 2.05) is 12.2 Å². The van der Waals surface area contributed by atoms with Gasteiger partial charge in [0.05, 0.1) is 0 Å². The molecule has 0 aromatic heterocycles. The van der Waals surface area contributed by atoms with Gasteiger partial charge in [0.2, 0.25) is 0 Å². The van der Waals surface area contributed by atoms with Gasteiger partial charge in [0.25, 0.3) is 0 Å². The third kappa shape index (κ3) is 5.00. The van der Waals surface area contributed by atoms with E-state index in [2.05, 4.69) is 24.6 Å². The summed E-state index contributed by atoms with van der Waals surface area (Å²) in [6.45, 7) is 13.8. The van der Waals surface area contributed by atoms with Gasteiger partial charge < -0.3 is 4.74 Å². The zero-order valence-electron chi connectivity index (χ0n) is 10.4. The second-order valence-corrected chi connectivity index (χ2v) is 4.27. The van der Waals surface area contributed by atoms with Gasteiger partial charge in [0.1, 0.15) is 6.61 Å². The Morgan fingerprint density at radius 1 is 1.29 bits per heavy atom. The maximum atomic E-state index is 11.5. The molecule has 3 nitrogen and oxygen atoms in total. The Kier molecular flexibility index (Phi) is 5.70. The Bertz CT molecular complexity index is 295. The van der Waals surface area contributed by atoms with E-state index in [0.29, 0.717) is 24.6 Å². The van der Waals surface area contributed by atoms with Crippen LogP contribution in [0, 0.1) is 5.92 Å². The first-order chi connectivity index (χ1) is 8.19. The van der Waals surface area contributed by atoms with Gasteiger partial charge in [-0.25, -0.2) is 4.79 Å². The number of esters is 1. The van der Waals surface area contributed by atoms with Crippen LogP contribution < -0.4 is 0 Å². The van der Waals surface area contributed by atoms with Crippen LogP contribution in [0.2, 0.25) is 0 Å². The van der Waals surface area contributed by atoms with E-state index in [1.54, 1.807) is 0 Å². The molecule has 0 spiro atoms. The van der Waals surface area contributed by atoms with Crippen LogP contribution in [0.15, 0.2) is 37.5 Å². The van der Waals surface area contributed by atoms with E-state index in [4.69, 9.17) is 4.74 Å². The minimum absolute atomic E-state index is 0.246. The molecule has 0 aliphatic heterocycles. The molecule has 1 aliphatic carbocycles. The second-order valence-electron chi connectivity index (χ2n) is 4.27. The molecule has 3 heteroatoms. The molecule has 0 heterocycles. The molecule has 1 aliphatic rings. The Morgan fingerprint density at radius 3 is 2.35 bits per heavy atom. The number of nitrogens with zero attached hydrogens (tertiary/aromatic N) is 1. The van der Waals surface area contributed by atoms with Gasteiger partial charge in [-0.2, -0.15) is 0 Å². The Hall–Kier alpha value is -1.35. The quantitative estimate of drug-likeness (QED) is 0.348. The first-order valence-electron chi connectivity index (χ1n) is 5.99. The number of hydrogen-bond acceptors (Lipinski definition) is 3. The summed E-state index contributed by atoms with van der Waals surface area (Å²) in [4.78, 5) is 13.6. The summed E-state index contributed by atoms with van der Waals surface area (Å²) < 4.78 is 5.18. The number of rotatable bonds is 9. The number of carbonyl (C=O) groups is 1. The van der Waals surface area contributed by atoms with Gasteiger partial charge in [-0.15, -0.1) is 13.2 Å². The highest BCUT2D eigenvalue weighted by Gasteiger charge is 2.29. The summed E-state index contributed by atoms with van der Waals surface area (Å²) in [6.07, 6.45) is 5.81. The smallest absolute Gasteiger partial charge is 0.333 e. The summed E-state index contributed by atoms with van der Waals surface area (Å²) >= 11 is 0. The number of carbonyl (C=O) groups excluding carboxylic acids is 1. The molecule has 0 unspecified atom stereocenters. The van der Waals surface area contributed by atoms with Crippen molar-refractivity contribution in [3.05, 3.63) is 37.5 Å². The summed E-state index contributed by atoms with van der Waals surface area (Å²) in [7, 11) is 0. The van der Waals surface area contributed by atoms with Crippen LogP contribution in [0.25, 0.3) is 0 Å². The first kappa shape index (κ1) is 13.7. The van der Waals surface area contributed by atoms with Crippen LogP contribution in [0.1, 0.15) is 12.8 Å². The third-order valence-corrected chi connectivity index (χ3v) is 2.75. The lowest BCUT2D eigenvalue weighted by atomic mass is 10.2. The fraction of sp³-hybridized carbons (Fsp3) is 0.500. The Labute approximate surface area is 103 Å². The largest absolute Gasteiger partial charge is 0.461 e. The molecular formula is C14H21NO2. The van der Waals surface area contributed by atoms with E-state index in [-0.39, 0.29) is 5.97 Å². The van der Waals surface area contributed by atoms with Gasteiger partial charge in [-0.1, -0.05) is 18.7 Å². The van der Waals surface area contributed by atoms with E-state index >= 15 is 0 Å². The normalized spacial score (nSPS) is 14.4. The van der Waals surface area contributed by atoms with E-state index in [9.17, 15) is 4.79 Å². The predicted molar refractivity (Wildman–Crippen MR) is 69.7 cm³/mol. The average molecular weight is 235 g/mol. The molecule has 0 aromatic carbocycles. The van der Waals surface area contributed by atoms with Crippen molar-refractivity contribution in [1.29, 1.82) is 0 Å². The molecule has 0 N–H and O–H groups in total. The van der Waals surface area contributed by atoms with E-state index < -0.39 is 0 Å². The molecule has 0 radical (unpaired) electrons. The van der Waals surface area contributed by atoms with Gasteiger partial charge in [-0.3, -0.25) is 4.90 Å². The van der Waals surface area contributed by atoms with E-state index in [0.717, 1.165) is 25.9 Å². The maximum Gasteiger partial charge on any atom is 0.333 e. The van der Waals surface area contributed by atoms with Crippen molar-refractivity contribution < 1.29 is 9.53 Å². The fourth-order valence-electron chi connectivity index (χ4n) is 1.58. The molecule has 1 rings (SSSR count). The summed E-state index contributed by atoms with van der Waals surface area (Å²) in [5, 5.41) is 0. The van der Waals surface area contributed by atoms with Crippen LogP contribution in [0.4, 0.5) is 0 Å². The molecule has 0 atom stereocenters. The van der Waals surface area contributed by atoms with Crippen molar-refractivity contribution in [2.75, 3.05) is 26.2 Å². The molecule has 94 valence electrons. The number of ether oxygens (including phenoxy) is 1. The highest BCUT2D eigenvalue weighted by atomic mass is 16.5. The molecule has 1 saturated carbocycles. The minimum Gasteiger partial charge on any atom is -0.461 e. The fourth-order valence-corrected chi connectivity index (χ4v) is 1.58. The van der Waals surface area contributed by atoms with Crippen molar-refractivity contribution >= 4 is 5.97 Å². The molecule has 0 aromatic rings. The standard InChI is InChI=1S/C14H21NO2/c1-4-8-15(9-5-2)10-11-17-14(16)12(3)13-6-7-13/h4-5,13H,1-3,6-11H2. The Morgan fingerprint density at radius 2 is 1.88 bits per heavy atom. The molecule has 17 heavy (non-hydrogen) atoms. The lowest BCUT2D eigenvalue weighted by Crippen LogP contribution is -2.29. The van der Waals surface area contributed by atoms with Gasteiger partial charge in [-0.05, 0) is 18.8 Å². The summed E-state index contributed by atoms with van der Waals surface area (Å²) in [5.41, 5.74) is 0.629.